The third kappa shape index (κ3) is 2.78. The summed E-state index contributed by atoms with van der Waals surface area (Å²) < 4.78 is 5.50. The lowest BCUT2D eigenvalue weighted by Crippen LogP contribution is -2.06. The fraction of sp³-hybridized carbons (Fsp3) is 0.214. The van der Waals surface area contributed by atoms with Crippen molar-refractivity contribution in [1.29, 1.82) is 5.26 Å². The Morgan fingerprint density at radius 3 is 2.70 bits per heavy atom. The average Bonchev–Trinajstić information content (AvgIpc) is 2.85. The number of nitriles is 1. The number of furan rings is 1. The molecule has 0 amide bonds. The lowest BCUT2D eigenvalue weighted by atomic mass is 10.1. The molecule has 0 saturated carbocycles. The summed E-state index contributed by atoms with van der Waals surface area (Å²) >= 11 is 0. The van der Waals surface area contributed by atoms with Crippen LogP contribution in [0.15, 0.2) is 34.7 Å². The molecule has 0 fully saturated rings. The van der Waals surface area contributed by atoms with Crippen molar-refractivity contribution in [3.05, 3.63) is 57.5 Å². The summed E-state index contributed by atoms with van der Waals surface area (Å²) in [5.41, 5.74) is 0.469. The molecule has 20 heavy (non-hydrogen) atoms. The maximum atomic E-state index is 10.8. The summed E-state index contributed by atoms with van der Waals surface area (Å²) in [6.45, 7) is 3.77. The van der Waals surface area contributed by atoms with Crippen LogP contribution in [0, 0.1) is 28.4 Å². The first-order valence-electron chi connectivity index (χ1n) is 6.02. The molecule has 2 rings (SSSR count). The molecule has 102 valence electrons. The second kappa shape index (κ2) is 5.45. The minimum Gasteiger partial charge on any atom is -0.464 e. The van der Waals surface area contributed by atoms with Gasteiger partial charge in [0.1, 0.15) is 23.2 Å². The van der Waals surface area contributed by atoms with Gasteiger partial charge in [0.2, 0.25) is 0 Å². The maximum absolute atomic E-state index is 10.8. The van der Waals surface area contributed by atoms with E-state index in [1.165, 1.54) is 12.1 Å². The summed E-state index contributed by atoms with van der Waals surface area (Å²) in [6, 6.07) is 9.82. The molecule has 1 atom stereocenters. The Bertz CT molecular complexity index is 685. The van der Waals surface area contributed by atoms with Gasteiger partial charge in [-0.3, -0.25) is 10.1 Å². The number of nitro groups is 1. The van der Waals surface area contributed by atoms with E-state index in [4.69, 9.17) is 9.68 Å². The Kier molecular flexibility index (Phi) is 3.71. The van der Waals surface area contributed by atoms with Gasteiger partial charge < -0.3 is 9.73 Å². The fourth-order valence-electron chi connectivity index (χ4n) is 1.88. The Balaban J connectivity index is 2.22. The van der Waals surface area contributed by atoms with Gasteiger partial charge in [0.15, 0.2) is 0 Å². The topological polar surface area (TPSA) is 92.1 Å². The summed E-state index contributed by atoms with van der Waals surface area (Å²) in [5, 5.41) is 22.8. The normalized spacial score (nSPS) is 11.7. The Labute approximate surface area is 115 Å². The predicted octanol–water partition coefficient (Wildman–Crippen LogP) is 3.54. The van der Waals surface area contributed by atoms with Crippen LogP contribution in [-0.2, 0) is 0 Å². The average molecular weight is 271 g/mol. The molecule has 1 aromatic heterocycles. The van der Waals surface area contributed by atoms with E-state index in [0.717, 1.165) is 11.5 Å². The van der Waals surface area contributed by atoms with Crippen molar-refractivity contribution >= 4 is 11.4 Å². The summed E-state index contributed by atoms with van der Waals surface area (Å²) in [6.07, 6.45) is 0. The van der Waals surface area contributed by atoms with Crippen molar-refractivity contribution in [2.75, 3.05) is 5.32 Å². The van der Waals surface area contributed by atoms with Gasteiger partial charge in [-0.2, -0.15) is 5.26 Å². The molecule has 0 spiro atoms. The highest BCUT2D eigenvalue weighted by Gasteiger charge is 2.15. The van der Waals surface area contributed by atoms with E-state index in [0.29, 0.717) is 5.69 Å². The molecule has 1 unspecified atom stereocenters. The quantitative estimate of drug-likeness (QED) is 0.678. The van der Waals surface area contributed by atoms with Crippen molar-refractivity contribution in [2.45, 2.75) is 19.9 Å². The van der Waals surface area contributed by atoms with Crippen LogP contribution in [0.5, 0.6) is 0 Å². The molecule has 0 saturated heterocycles. The standard InChI is InChI=1S/C14H13N3O3/c1-9-3-6-14(20-9)10(2)16-12-4-5-13(17(18)19)11(7-12)8-15/h3-7,10,16H,1-2H3. The number of nitrogens with zero attached hydrogens (tertiary/aromatic N) is 2. The zero-order chi connectivity index (χ0) is 14.7. The van der Waals surface area contributed by atoms with Crippen LogP contribution in [0.25, 0.3) is 0 Å². The molecular formula is C14H13N3O3. The van der Waals surface area contributed by atoms with Crippen molar-refractivity contribution in [3.63, 3.8) is 0 Å². The number of hydrogen-bond donors (Lipinski definition) is 1. The lowest BCUT2D eigenvalue weighted by molar-refractivity contribution is -0.385. The SMILES string of the molecule is Cc1ccc(C(C)Nc2ccc([N+](=O)[O-])c(C#N)c2)o1. The van der Waals surface area contributed by atoms with Gasteiger partial charge in [0.25, 0.3) is 5.69 Å². The number of anilines is 1. The monoisotopic (exact) mass is 271 g/mol. The van der Waals surface area contributed by atoms with Gasteiger partial charge in [0.05, 0.1) is 11.0 Å². The molecule has 0 radical (unpaired) electrons. The van der Waals surface area contributed by atoms with Crippen LogP contribution in [-0.4, -0.2) is 4.92 Å². The van der Waals surface area contributed by atoms with Gasteiger partial charge in [-0.25, -0.2) is 0 Å². The van der Waals surface area contributed by atoms with E-state index >= 15 is 0 Å². The second-order valence-corrected chi connectivity index (χ2v) is 4.42. The molecule has 6 heteroatoms. The van der Waals surface area contributed by atoms with Crippen LogP contribution in [0.2, 0.25) is 0 Å². The summed E-state index contributed by atoms with van der Waals surface area (Å²) in [4.78, 5) is 10.2. The molecule has 0 aliphatic carbocycles. The maximum Gasteiger partial charge on any atom is 0.287 e. The number of aryl methyl sites for hydroxylation is 1. The van der Waals surface area contributed by atoms with Crippen LogP contribution in [0.4, 0.5) is 11.4 Å². The van der Waals surface area contributed by atoms with Crippen molar-refractivity contribution in [3.8, 4) is 6.07 Å². The molecule has 6 nitrogen and oxygen atoms in total. The Morgan fingerprint density at radius 1 is 1.40 bits per heavy atom. The van der Waals surface area contributed by atoms with Gasteiger partial charge in [-0.15, -0.1) is 0 Å². The number of hydrogen-bond acceptors (Lipinski definition) is 5. The highest BCUT2D eigenvalue weighted by atomic mass is 16.6. The van der Waals surface area contributed by atoms with Gasteiger partial charge in [-0.1, -0.05) is 0 Å². The van der Waals surface area contributed by atoms with Crippen molar-refractivity contribution in [1.82, 2.24) is 0 Å². The van der Waals surface area contributed by atoms with E-state index in [9.17, 15) is 10.1 Å². The number of nitrogens with one attached hydrogen (secondary N) is 1. The molecule has 0 aliphatic heterocycles. The van der Waals surface area contributed by atoms with E-state index in [1.807, 2.05) is 32.0 Å². The van der Waals surface area contributed by atoms with E-state index < -0.39 is 4.92 Å². The molecule has 1 N–H and O–H groups in total. The van der Waals surface area contributed by atoms with Gasteiger partial charge >= 0.3 is 0 Å². The fourth-order valence-corrected chi connectivity index (χ4v) is 1.88. The van der Waals surface area contributed by atoms with Gasteiger partial charge in [0, 0.05) is 11.8 Å². The summed E-state index contributed by atoms with van der Waals surface area (Å²) in [7, 11) is 0. The molecule has 2 aromatic rings. The first kappa shape index (κ1) is 13.6. The van der Waals surface area contributed by atoms with E-state index in [2.05, 4.69) is 5.32 Å². The molecule has 1 heterocycles. The smallest absolute Gasteiger partial charge is 0.287 e. The largest absolute Gasteiger partial charge is 0.464 e. The molecule has 1 aromatic carbocycles. The Morgan fingerprint density at radius 2 is 2.15 bits per heavy atom. The third-order valence-corrected chi connectivity index (χ3v) is 2.88. The number of benzene rings is 1. The molecular weight excluding hydrogens is 258 g/mol. The minimum atomic E-state index is -0.568. The van der Waals surface area contributed by atoms with E-state index in [-0.39, 0.29) is 17.3 Å². The van der Waals surface area contributed by atoms with Crippen LogP contribution in [0.3, 0.4) is 0 Å². The first-order valence-corrected chi connectivity index (χ1v) is 6.02. The highest BCUT2D eigenvalue weighted by molar-refractivity contribution is 5.59. The minimum absolute atomic E-state index is 0.0304. The highest BCUT2D eigenvalue weighted by Crippen LogP contribution is 2.25. The third-order valence-electron chi connectivity index (χ3n) is 2.88. The first-order chi connectivity index (χ1) is 9.51. The number of nitro benzene ring substituents is 1. The van der Waals surface area contributed by atoms with Crippen LogP contribution < -0.4 is 5.32 Å². The second-order valence-electron chi connectivity index (χ2n) is 4.42. The van der Waals surface area contributed by atoms with Crippen molar-refractivity contribution in [2.24, 2.45) is 0 Å². The zero-order valence-electron chi connectivity index (χ0n) is 11.1. The zero-order valence-corrected chi connectivity index (χ0v) is 11.1. The summed E-state index contributed by atoms with van der Waals surface area (Å²) in [5.74, 6) is 1.58. The lowest BCUT2D eigenvalue weighted by Gasteiger charge is -2.13. The molecule has 0 bridgehead atoms. The molecule has 0 aliphatic rings. The van der Waals surface area contributed by atoms with Crippen LogP contribution >= 0.6 is 0 Å². The van der Waals surface area contributed by atoms with Crippen LogP contribution in [0.1, 0.15) is 30.0 Å². The van der Waals surface area contributed by atoms with Gasteiger partial charge in [-0.05, 0) is 38.1 Å². The van der Waals surface area contributed by atoms with E-state index in [1.54, 1.807) is 6.07 Å². The Hall–Kier alpha value is -2.81. The predicted molar refractivity (Wildman–Crippen MR) is 73.3 cm³/mol. The van der Waals surface area contributed by atoms with Crippen molar-refractivity contribution < 1.29 is 9.34 Å². The number of rotatable bonds is 4.